The minimum absolute atomic E-state index is 0.0118. The van der Waals surface area contributed by atoms with Crippen molar-refractivity contribution in [3.05, 3.63) is 81.9 Å². The Kier molecular flexibility index (Phi) is 4.25. The molecule has 1 saturated heterocycles. The predicted octanol–water partition coefficient (Wildman–Crippen LogP) is 3.61. The highest BCUT2D eigenvalue weighted by molar-refractivity contribution is 8.03. The van der Waals surface area contributed by atoms with E-state index in [0.717, 1.165) is 0 Å². The lowest BCUT2D eigenvalue weighted by atomic mass is 9.85. The number of halogens is 2. The lowest BCUT2D eigenvalue weighted by Crippen LogP contribution is -2.48. The van der Waals surface area contributed by atoms with Gasteiger partial charge < -0.3 is 5.11 Å². The van der Waals surface area contributed by atoms with Crippen LogP contribution in [0.15, 0.2) is 59.1 Å². The van der Waals surface area contributed by atoms with Gasteiger partial charge in [-0.2, -0.15) is 5.26 Å². The maximum Gasteiger partial charge on any atom is 0.231 e. The molecule has 136 valence electrons. The molecule has 1 fully saturated rings. The molecule has 0 bridgehead atoms. The normalized spacial score (nSPS) is 24.7. The predicted molar refractivity (Wildman–Crippen MR) is 96.0 cm³/mol. The number of fused-ring (bicyclic) bond motifs is 1. The Morgan fingerprint density at radius 3 is 2.30 bits per heavy atom. The summed E-state index contributed by atoms with van der Waals surface area (Å²) in [4.78, 5) is 14.1. The summed E-state index contributed by atoms with van der Waals surface area (Å²) >= 11 is 1.21. The van der Waals surface area contributed by atoms with Crippen molar-refractivity contribution in [2.75, 3.05) is 5.75 Å². The molecule has 27 heavy (non-hydrogen) atoms. The second kappa shape index (κ2) is 6.48. The molecule has 2 heterocycles. The molecule has 1 amide bonds. The van der Waals surface area contributed by atoms with E-state index in [0.29, 0.717) is 21.7 Å². The number of nitriles is 1. The van der Waals surface area contributed by atoms with Crippen molar-refractivity contribution in [3.8, 4) is 6.07 Å². The van der Waals surface area contributed by atoms with Crippen LogP contribution in [0.2, 0.25) is 0 Å². The molecule has 0 aromatic heterocycles. The molecular weight excluding hydrogens is 370 g/mol. The Morgan fingerprint density at radius 2 is 1.70 bits per heavy atom. The molecule has 4 nitrogen and oxygen atoms in total. The smallest absolute Gasteiger partial charge is 0.231 e. The third-order valence-corrected chi connectivity index (χ3v) is 6.11. The first kappa shape index (κ1) is 17.7. The number of benzene rings is 2. The van der Waals surface area contributed by atoms with Crippen LogP contribution in [0, 0.1) is 23.0 Å². The molecule has 7 heteroatoms. The maximum atomic E-state index is 13.2. The van der Waals surface area contributed by atoms with Crippen molar-refractivity contribution >= 4 is 17.7 Å². The molecule has 2 atom stereocenters. The Balaban J connectivity index is 1.79. The van der Waals surface area contributed by atoms with E-state index in [1.54, 1.807) is 12.1 Å². The fourth-order valence-corrected chi connectivity index (χ4v) is 4.89. The van der Waals surface area contributed by atoms with Gasteiger partial charge in [-0.05, 0) is 29.8 Å². The molecule has 2 aromatic carbocycles. The van der Waals surface area contributed by atoms with Crippen LogP contribution >= 0.6 is 11.8 Å². The zero-order valence-electron chi connectivity index (χ0n) is 14.0. The van der Waals surface area contributed by atoms with Crippen LogP contribution in [0.5, 0.6) is 0 Å². The second-order valence-corrected chi connectivity index (χ2v) is 7.44. The first-order valence-electron chi connectivity index (χ1n) is 8.28. The molecule has 1 N–H and O–H groups in total. The van der Waals surface area contributed by atoms with Crippen molar-refractivity contribution in [3.63, 3.8) is 0 Å². The van der Waals surface area contributed by atoms with E-state index in [4.69, 9.17) is 0 Å². The van der Waals surface area contributed by atoms with Gasteiger partial charge in [-0.3, -0.25) is 9.69 Å². The van der Waals surface area contributed by atoms with Gasteiger partial charge in [-0.1, -0.05) is 24.3 Å². The molecule has 0 aliphatic carbocycles. The highest BCUT2D eigenvalue weighted by atomic mass is 32.2. The molecule has 0 spiro atoms. The number of nitrogens with zero attached hydrogens (tertiary/aromatic N) is 2. The van der Waals surface area contributed by atoms with Gasteiger partial charge in [0.25, 0.3) is 0 Å². The first-order valence-corrected chi connectivity index (χ1v) is 9.26. The second-order valence-electron chi connectivity index (χ2n) is 6.48. The number of hydrogen-bond donors (Lipinski definition) is 1. The molecule has 2 aromatic rings. The summed E-state index contributed by atoms with van der Waals surface area (Å²) in [6.45, 7) is 0. The van der Waals surface area contributed by atoms with Crippen molar-refractivity contribution in [1.29, 1.82) is 5.26 Å². The standard InChI is InChI=1S/C20H14F2N2O2S/c21-14-5-1-12(2-6-14)16-9-18(25)24-19(17(16)10-23)27-11-20(24,26)13-3-7-15(22)8-4-13/h1-8,16,26H,9,11H2/t16-,20-/m0/s1. The van der Waals surface area contributed by atoms with E-state index in [-0.39, 0.29) is 18.1 Å². The summed E-state index contributed by atoms with van der Waals surface area (Å²) in [5.41, 5.74) is -0.214. The highest BCUT2D eigenvalue weighted by Gasteiger charge is 2.51. The molecule has 4 rings (SSSR count). The molecule has 0 radical (unpaired) electrons. The van der Waals surface area contributed by atoms with Gasteiger partial charge in [0, 0.05) is 17.9 Å². The lowest BCUT2D eigenvalue weighted by Gasteiger charge is -2.38. The third kappa shape index (κ3) is 2.82. The number of aliphatic hydroxyl groups is 1. The van der Waals surface area contributed by atoms with Crippen molar-refractivity contribution < 1.29 is 18.7 Å². The summed E-state index contributed by atoms with van der Waals surface area (Å²) < 4.78 is 26.5. The average molecular weight is 384 g/mol. The van der Waals surface area contributed by atoms with Crippen LogP contribution in [0.3, 0.4) is 0 Å². The van der Waals surface area contributed by atoms with E-state index in [2.05, 4.69) is 6.07 Å². The van der Waals surface area contributed by atoms with Crippen molar-refractivity contribution in [1.82, 2.24) is 4.90 Å². The largest absolute Gasteiger partial charge is 0.366 e. The maximum absolute atomic E-state index is 13.2. The fourth-order valence-electron chi connectivity index (χ4n) is 3.54. The molecule has 2 aliphatic rings. The minimum Gasteiger partial charge on any atom is -0.366 e. The van der Waals surface area contributed by atoms with Gasteiger partial charge in [0.15, 0.2) is 5.72 Å². The monoisotopic (exact) mass is 384 g/mol. The summed E-state index contributed by atoms with van der Waals surface area (Å²) in [6.07, 6.45) is -0.0118. The van der Waals surface area contributed by atoms with Crippen LogP contribution < -0.4 is 0 Å². The summed E-state index contributed by atoms with van der Waals surface area (Å²) in [7, 11) is 0. The zero-order valence-corrected chi connectivity index (χ0v) is 14.8. The van der Waals surface area contributed by atoms with Crippen molar-refractivity contribution in [2.24, 2.45) is 0 Å². The van der Waals surface area contributed by atoms with E-state index in [9.17, 15) is 23.9 Å². The van der Waals surface area contributed by atoms with E-state index < -0.39 is 23.3 Å². The summed E-state index contributed by atoms with van der Waals surface area (Å²) in [5.74, 6) is -1.52. The lowest BCUT2D eigenvalue weighted by molar-refractivity contribution is -0.149. The molecule has 2 aliphatic heterocycles. The topological polar surface area (TPSA) is 64.3 Å². The van der Waals surface area contributed by atoms with Crippen LogP contribution in [0.1, 0.15) is 23.5 Å². The number of rotatable bonds is 2. The van der Waals surface area contributed by atoms with Crippen molar-refractivity contribution in [2.45, 2.75) is 18.1 Å². The number of carbonyl (C=O) groups is 1. The van der Waals surface area contributed by atoms with Gasteiger partial charge in [-0.25, -0.2) is 8.78 Å². The molecular formula is C20H14F2N2O2S. The van der Waals surface area contributed by atoms with Gasteiger partial charge in [-0.15, -0.1) is 11.8 Å². The van der Waals surface area contributed by atoms with E-state index >= 15 is 0 Å². The number of carbonyl (C=O) groups excluding carboxylic acids is 1. The number of thioether (sulfide) groups is 1. The Bertz CT molecular complexity index is 983. The Morgan fingerprint density at radius 1 is 1.11 bits per heavy atom. The third-order valence-electron chi connectivity index (χ3n) is 4.89. The number of allylic oxidation sites excluding steroid dienone is 1. The first-order chi connectivity index (χ1) is 12.9. The molecule has 0 saturated carbocycles. The van der Waals surface area contributed by atoms with Crippen LogP contribution in [-0.4, -0.2) is 21.7 Å². The average Bonchev–Trinajstić information content (AvgIpc) is 3.02. The zero-order chi connectivity index (χ0) is 19.2. The fraction of sp³-hybridized carbons (Fsp3) is 0.200. The van der Waals surface area contributed by atoms with Crippen LogP contribution in [-0.2, 0) is 10.5 Å². The summed E-state index contributed by atoms with van der Waals surface area (Å²) in [5, 5.41) is 21.3. The Hall–Kier alpha value is -2.69. The molecule has 0 unspecified atom stereocenters. The van der Waals surface area contributed by atoms with Gasteiger partial charge in [0.2, 0.25) is 5.91 Å². The number of hydrogen-bond acceptors (Lipinski definition) is 4. The highest BCUT2D eigenvalue weighted by Crippen LogP contribution is 2.51. The quantitative estimate of drug-likeness (QED) is 0.859. The van der Waals surface area contributed by atoms with Gasteiger partial charge in [0.05, 0.1) is 22.4 Å². The number of amides is 1. The van der Waals surface area contributed by atoms with Gasteiger partial charge >= 0.3 is 0 Å². The summed E-state index contributed by atoms with van der Waals surface area (Å²) in [6, 6.07) is 13.2. The SMILES string of the molecule is N#CC1=C2SC[C@](O)(c3ccc(F)cc3)N2C(=O)C[C@H]1c1ccc(F)cc1. The van der Waals surface area contributed by atoms with Gasteiger partial charge in [0.1, 0.15) is 11.6 Å². The van der Waals surface area contributed by atoms with Crippen LogP contribution in [0.4, 0.5) is 8.78 Å². The van der Waals surface area contributed by atoms with Crippen LogP contribution in [0.25, 0.3) is 0 Å². The Labute approximate surface area is 158 Å². The van der Waals surface area contributed by atoms with E-state index in [1.165, 1.54) is 53.1 Å². The minimum atomic E-state index is -1.64. The van der Waals surface area contributed by atoms with E-state index in [1.807, 2.05) is 0 Å².